The molecule has 0 spiro atoms. The number of carbonyl (C=O) groups excluding carboxylic acids is 1. The molecule has 1 saturated heterocycles. The summed E-state index contributed by atoms with van der Waals surface area (Å²) in [5.74, 6) is -0.192. The first kappa shape index (κ1) is 10.4. The minimum Gasteiger partial charge on any atom is -0.466 e. The Hall–Kier alpha value is -0.640. The lowest BCUT2D eigenvalue weighted by atomic mass is 9.81. The van der Waals surface area contributed by atoms with Gasteiger partial charge in [-0.2, -0.15) is 0 Å². The van der Waals surface area contributed by atoms with Crippen molar-refractivity contribution in [3.8, 4) is 0 Å². The van der Waals surface area contributed by atoms with E-state index in [-0.39, 0.29) is 5.97 Å². The van der Waals surface area contributed by atoms with Gasteiger partial charge in [0.15, 0.2) is 0 Å². The average Bonchev–Trinajstić information content (AvgIpc) is 2.11. The molecule has 13 heavy (non-hydrogen) atoms. The highest BCUT2D eigenvalue weighted by molar-refractivity contribution is 5.76. The van der Waals surface area contributed by atoms with Gasteiger partial charge >= 0.3 is 5.97 Å². The lowest BCUT2D eigenvalue weighted by molar-refractivity contribution is -0.160. The highest BCUT2D eigenvalue weighted by atomic mass is 19.2. The number of nitrogens with zero attached hydrogens (tertiary/aromatic N) is 1. The lowest BCUT2D eigenvalue weighted by Crippen LogP contribution is -2.40. The molecule has 0 radical (unpaired) electrons. The van der Waals surface area contributed by atoms with Crippen molar-refractivity contribution >= 4 is 5.97 Å². The fraction of sp³-hybridized carbons (Fsp3) is 0.889. The Bertz CT molecular complexity index is 188. The second kappa shape index (κ2) is 4.05. The van der Waals surface area contributed by atoms with Crippen molar-refractivity contribution < 1.29 is 14.0 Å². The highest BCUT2D eigenvalue weighted by Crippen LogP contribution is 2.32. The van der Waals surface area contributed by atoms with Crippen LogP contribution in [-0.4, -0.2) is 30.8 Å². The summed E-state index contributed by atoms with van der Waals surface area (Å²) in [5.41, 5.74) is -0.474. The van der Waals surface area contributed by atoms with Crippen LogP contribution in [0.5, 0.6) is 0 Å². The van der Waals surface area contributed by atoms with E-state index in [1.807, 2.05) is 6.92 Å². The lowest BCUT2D eigenvalue weighted by Gasteiger charge is -2.33. The monoisotopic (exact) mass is 189 g/mol. The van der Waals surface area contributed by atoms with E-state index < -0.39 is 5.41 Å². The van der Waals surface area contributed by atoms with Gasteiger partial charge in [-0.15, -0.1) is 9.60 Å². The standard InChI is InChI=1S/C9H16FNO2/c1-3-13-8(12)9(2)4-6-11(10)7-5-9/h3-7H2,1-2H3. The van der Waals surface area contributed by atoms with Crippen LogP contribution in [0.15, 0.2) is 0 Å². The largest absolute Gasteiger partial charge is 0.466 e. The first-order chi connectivity index (χ1) is 6.08. The molecule has 0 amide bonds. The predicted octanol–water partition coefficient (Wildman–Crippen LogP) is 1.54. The summed E-state index contributed by atoms with van der Waals surface area (Å²) in [6, 6.07) is 0. The van der Waals surface area contributed by atoms with Crippen molar-refractivity contribution in [3.05, 3.63) is 0 Å². The third kappa shape index (κ3) is 2.40. The summed E-state index contributed by atoms with van der Waals surface area (Å²) in [4.78, 5) is 11.5. The Morgan fingerprint density at radius 2 is 2.08 bits per heavy atom. The van der Waals surface area contributed by atoms with Crippen molar-refractivity contribution in [1.82, 2.24) is 5.12 Å². The number of piperidine rings is 1. The van der Waals surface area contributed by atoms with E-state index in [1.54, 1.807) is 6.92 Å². The first-order valence-electron chi connectivity index (χ1n) is 4.66. The molecule has 0 atom stereocenters. The fourth-order valence-corrected chi connectivity index (χ4v) is 1.48. The van der Waals surface area contributed by atoms with Gasteiger partial charge in [0.2, 0.25) is 0 Å². The van der Waals surface area contributed by atoms with Crippen molar-refractivity contribution in [2.24, 2.45) is 5.41 Å². The van der Waals surface area contributed by atoms with E-state index >= 15 is 0 Å². The van der Waals surface area contributed by atoms with Crippen LogP contribution in [-0.2, 0) is 9.53 Å². The number of halogens is 1. The van der Waals surface area contributed by atoms with Gasteiger partial charge in [0.05, 0.1) is 12.0 Å². The van der Waals surface area contributed by atoms with E-state index in [4.69, 9.17) is 4.74 Å². The van der Waals surface area contributed by atoms with E-state index in [0.717, 1.165) is 5.12 Å². The van der Waals surface area contributed by atoms with Gasteiger partial charge in [-0.05, 0) is 26.7 Å². The van der Waals surface area contributed by atoms with Gasteiger partial charge in [-0.1, -0.05) is 0 Å². The van der Waals surface area contributed by atoms with Crippen LogP contribution in [0.25, 0.3) is 0 Å². The first-order valence-corrected chi connectivity index (χ1v) is 4.66. The Labute approximate surface area is 77.8 Å². The summed E-state index contributed by atoms with van der Waals surface area (Å²) in [6.07, 6.45) is 1.09. The molecule has 0 aromatic rings. The molecule has 1 aliphatic rings. The van der Waals surface area contributed by atoms with Gasteiger partial charge < -0.3 is 4.74 Å². The average molecular weight is 189 g/mol. The van der Waals surface area contributed by atoms with Crippen LogP contribution in [0.3, 0.4) is 0 Å². The predicted molar refractivity (Wildman–Crippen MR) is 46.7 cm³/mol. The molecule has 0 N–H and O–H groups in total. The molecule has 0 bridgehead atoms. The summed E-state index contributed by atoms with van der Waals surface area (Å²) in [7, 11) is 0. The Kier molecular flexibility index (Phi) is 3.25. The number of ether oxygens (including phenoxy) is 1. The summed E-state index contributed by atoms with van der Waals surface area (Å²) in [5, 5.41) is 0.751. The van der Waals surface area contributed by atoms with Crippen LogP contribution in [0.1, 0.15) is 26.7 Å². The summed E-state index contributed by atoms with van der Waals surface area (Å²) < 4.78 is 17.6. The minimum absolute atomic E-state index is 0.192. The molecule has 4 heteroatoms. The zero-order chi connectivity index (χ0) is 9.90. The molecule has 1 fully saturated rings. The third-order valence-electron chi connectivity index (χ3n) is 2.58. The maximum Gasteiger partial charge on any atom is 0.311 e. The summed E-state index contributed by atoms with van der Waals surface area (Å²) >= 11 is 0. The summed E-state index contributed by atoms with van der Waals surface area (Å²) in [6.45, 7) is 4.68. The van der Waals surface area contributed by atoms with Gasteiger partial charge in [-0.25, -0.2) is 0 Å². The molecule has 0 unspecified atom stereocenters. The van der Waals surface area contributed by atoms with E-state index in [1.165, 1.54) is 0 Å². The van der Waals surface area contributed by atoms with E-state index in [0.29, 0.717) is 32.5 Å². The third-order valence-corrected chi connectivity index (χ3v) is 2.58. The van der Waals surface area contributed by atoms with E-state index in [9.17, 15) is 9.28 Å². The molecule has 1 aliphatic heterocycles. The SMILES string of the molecule is CCOC(=O)C1(C)CCN(F)CC1. The molecular weight excluding hydrogens is 173 g/mol. The minimum atomic E-state index is -0.474. The smallest absolute Gasteiger partial charge is 0.311 e. The zero-order valence-electron chi connectivity index (χ0n) is 8.18. The second-order valence-electron chi connectivity index (χ2n) is 3.69. The van der Waals surface area contributed by atoms with Crippen molar-refractivity contribution in [2.45, 2.75) is 26.7 Å². The maximum atomic E-state index is 12.7. The molecule has 0 aromatic carbocycles. The topological polar surface area (TPSA) is 29.5 Å². The molecule has 1 heterocycles. The van der Waals surface area contributed by atoms with Crippen molar-refractivity contribution in [2.75, 3.05) is 19.7 Å². The molecule has 76 valence electrons. The van der Waals surface area contributed by atoms with E-state index in [2.05, 4.69) is 0 Å². The molecule has 0 saturated carbocycles. The Morgan fingerprint density at radius 1 is 1.54 bits per heavy atom. The number of carbonyl (C=O) groups is 1. The number of hydrogen-bond donors (Lipinski definition) is 0. The van der Waals surface area contributed by atoms with Gasteiger partial charge in [-0.3, -0.25) is 4.79 Å². The van der Waals surface area contributed by atoms with Gasteiger partial charge in [0, 0.05) is 13.1 Å². The van der Waals surface area contributed by atoms with Gasteiger partial charge in [0.1, 0.15) is 0 Å². The number of esters is 1. The van der Waals surface area contributed by atoms with Crippen LogP contribution in [0, 0.1) is 5.41 Å². The molecule has 0 aliphatic carbocycles. The van der Waals surface area contributed by atoms with Gasteiger partial charge in [0.25, 0.3) is 0 Å². The maximum absolute atomic E-state index is 12.7. The Balaban J connectivity index is 2.51. The number of hydrogen-bond acceptors (Lipinski definition) is 3. The van der Waals surface area contributed by atoms with Crippen LogP contribution >= 0.6 is 0 Å². The zero-order valence-corrected chi connectivity index (χ0v) is 8.18. The van der Waals surface area contributed by atoms with Crippen molar-refractivity contribution in [3.63, 3.8) is 0 Å². The second-order valence-corrected chi connectivity index (χ2v) is 3.69. The molecular formula is C9H16FNO2. The molecule has 0 aromatic heterocycles. The van der Waals surface area contributed by atoms with Crippen LogP contribution in [0.4, 0.5) is 4.48 Å². The Morgan fingerprint density at radius 3 is 2.54 bits per heavy atom. The molecule has 3 nitrogen and oxygen atoms in total. The molecule has 1 rings (SSSR count). The van der Waals surface area contributed by atoms with Crippen LogP contribution < -0.4 is 0 Å². The fourth-order valence-electron chi connectivity index (χ4n) is 1.48. The quantitative estimate of drug-likeness (QED) is 0.487. The normalized spacial score (nSPS) is 22.7. The van der Waals surface area contributed by atoms with Crippen LogP contribution in [0.2, 0.25) is 0 Å². The highest BCUT2D eigenvalue weighted by Gasteiger charge is 2.38. The van der Waals surface area contributed by atoms with Crippen molar-refractivity contribution in [1.29, 1.82) is 0 Å². The number of rotatable bonds is 2.